The van der Waals surface area contributed by atoms with Crippen LogP contribution in [-0.4, -0.2) is 0 Å². The molecule has 0 saturated carbocycles. The van der Waals surface area contributed by atoms with Crippen LogP contribution >= 0.6 is 0 Å². The Kier molecular flexibility index (Phi) is 11.3. The third kappa shape index (κ3) is 8.11. The molecule has 0 spiro atoms. The van der Waals surface area contributed by atoms with E-state index in [9.17, 15) is 0 Å². The Labute approximate surface area is 115 Å². The van der Waals surface area contributed by atoms with Crippen LogP contribution in [0, 0.1) is 6.07 Å². The van der Waals surface area contributed by atoms with Gasteiger partial charge in [0.2, 0.25) is 0 Å². The maximum absolute atomic E-state index is 3.28. The van der Waals surface area contributed by atoms with Gasteiger partial charge in [-0.3, -0.25) is 0 Å². The maximum Gasteiger partial charge on any atom is 0 e. The minimum atomic E-state index is 0. The second-order valence-corrected chi connectivity index (χ2v) is 4.26. The largest absolute Gasteiger partial charge is 0.180 e. The first-order valence-corrected chi connectivity index (χ1v) is 6.39. The molecule has 0 bridgehead atoms. The number of rotatable bonds is 8. The van der Waals surface area contributed by atoms with Crippen LogP contribution in [0.4, 0.5) is 0 Å². The Morgan fingerprint density at radius 3 is 2.25 bits per heavy atom. The molecular weight excluding hydrogens is 276 g/mol. The fourth-order valence-corrected chi connectivity index (χ4v) is 1.86. The molecule has 0 radical (unpaired) electrons. The van der Waals surface area contributed by atoms with E-state index in [0.717, 1.165) is 0 Å². The van der Waals surface area contributed by atoms with Gasteiger partial charge in [0.15, 0.2) is 0 Å². The Morgan fingerprint density at radius 1 is 0.938 bits per heavy atom. The van der Waals surface area contributed by atoms with E-state index in [-0.39, 0.29) is 21.1 Å². The van der Waals surface area contributed by atoms with Crippen molar-refractivity contribution in [2.45, 2.75) is 58.3 Å². The SMILES string of the molecule is CCCCCCCCCc1[c-]cccc1.[Mo]. The van der Waals surface area contributed by atoms with Gasteiger partial charge in [0, 0.05) is 21.1 Å². The molecule has 1 rings (SSSR count). The monoisotopic (exact) mass is 301 g/mol. The first-order chi connectivity index (χ1) is 7.43. The van der Waals surface area contributed by atoms with Gasteiger partial charge in [0.1, 0.15) is 0 Å². The van der Waals surface area contributed by atoms with Crippen LogP contribution in [0.2, 0.25) is 0 Å². The van der Waals surface area contributed by atoms with Gasteiger partial charge in [-0.1, -0.05) is 58.3 Å². The van der Waals surface area contributed by atoms with Gasteiger partial charge in [0.05, 0.1) is 0 Å². The fourth-order valence-electron chi connectivity index (χ4n) is 1.86. The minimum Gasteiger partial charge on any atom is -0.180 e. The van der Waals surface area contributed by atoms with Crippen molar-refractivity contribution >= 4 is 0 Å². The van der Waals surface area contributed by atoms with Gasteiger partial charge >= 0.3 is 0 Å². The van der Waals surface area contributed by atoms with E-state index in [2.05, 4.69) is 25.1 Å². The summed E-state index contributed by atoms with van der Waals surface area (Å²) >= 11 is 0. The molecule has 0 atom stereocenters. The van der Waals surface area contributed by atoms with Crippen molar-refractivity contribution in [1.29, 1.82) is 0 Å². The predicted octanol–water partition coefficient (Wildman–Crippen LogP) is 4.78. The van der Waals surface area contributed by atoms with E-state index in [1.54, 1.807) is 0 Å². The second-order valence-electron chi connectivity index (χ2n) is 4.26. The third-order valence-corrected chi connectivity index (χ3v) is 2.82. The number of unbranched alkanes of at least 4 members (excludes halogenated alkanes) is 6. The van der Waals surface area contributed by atoms with Crippen molar-refractivity contribution in [2.75, 3.05) is 0 Å². The summed E-state index contributed by atoms with van der Waals surface area (Å²) in [6, 6.07) is 11.6. The summed E-state index contributed by atoms with van der Waals surface area (Å²) in [5, 5.41) is 0. The average molecular weight is 299 g/mol. The predicted molar refractivity (Wildman–Crippen MR) is 67.0 cm³/mol. The molecule has 90 valence electrons. The van der Waals surface area contributed by atoms with Crippen LogP contribution in [0.1, 0.15) is 57.4 Å². The van der Waals surface area contributed by atoms with Crippen LogP contribution in [0.15, 0.2) is 24.3 Å². The zero-order valence-electron chi connectivity index (χ0n) is 10.4. The van der Waals surface area contributed by atoms with E-state index in [4.69, 9.17) is 0 Å². The van der Waals surface area contributed by atoms with Crippen LogP contribution < -0.4 is 0 Å². The summed E-state index contributed by atoms with van der Waals surface area (Å²) in [6.45, 7) is 2.27. The molecule has 0 nitrogen and oxygen atoms in total. The summed E-state index contributed by atoms with van der Waals surface area (Å²) in [6.07, 6.45) is 10.9. The molecule has 16 heavy (non-hydrogen) atoms. The van der Waals surface area contributed by atoms with Crippen LogP contribution in [0.5, 0.6) is 0 Å². The fraction of sp³-hybridized carbons (Fsp3) is 0.600. The van der Waals surface area contributed by atoms with Crippen molar-refractivity contribution in [3.8, 4) is 0 Å². The molecule has 0 fully saturated rings. The smallest absolute Gasteiger partial charge is 0 e. The normalized spacial score (nSPS) is 9.81. The molecule has 1 aromatic carbocycles. The zero-order chi connectivity index (χ0) is 10.8. The van der Waals surface area contributed by atoms with Gasteiger partial charge in [0.25, 0.3) is 0 Å². The summed E-state index contributed by atoms with van der Waals surface area (Å²) in [5.74, 6) is 0. The molecule has 1 heteroatoms. The number of hydrogen-bond acceptors (Lipinski definition) is 0. The van der Waals surface area contributed by atoms with Crippen molar-refractivity contribution in [2.24, 2.45) is 0 Å². The number of aryl methyl sites for hydroxylation is 1. The molecule has 0 aromatic heterocycles. The Balaban J connectivity index is 0.00000225. The minimum absolute atomic E-state index is 0. The summed E-state index contributed by atoms with van der Waals surface area (Å²) < 4.78 is 0. The molecule has 0 saturated heterocycles. The van der Waals surface area contributed by atoms with E-state index >= 15 is 0 Å². The quantitative estimate of drug-likeness (QED) is 0.368. The third-order valence-electron chi connectivity index (χ3n) is 2.82. The summed E-state index contributed by atoms with van der Waals surface area (Å²) in [5.41, 5.74) is 1.37. The van der Waals surface area contributed by atoms with E-state index in [1.165, 1.54) is 56.9 Å². The second kappa shape index (κ2) is 11.4. The van der Waals surface area contributed by atoms with E-state index < -0.39 is 0 Å². The standard InChI is InChI=1S/C15H23.Mo/c1-2-3-4-5-6-7-9-12-15-13-10-8-11-14-15;/h8,10-11,13H,2-7,9,12H2,1H3;/q-1;. The van der Waals surface area contributed by atoms with Gasteiger partial charge in [-0.15, -0.1) is 0 Å². The van der Waals surface area contributed by atoms with Crippen LogP contribution in [-0.2, 0) is 27.5 Å². The molecule has 0 aliphatic carbocycles. The molecule has 0 aliphatic heterocycles. The molecule has 1 aromatic rings. The zero-order valence-corrected chi connectivity index (χ0v) is 12.4. The van der Waals surface area contributed by atoms with Gasteiger partial charge < -0.3 is 0 Å². The molecule has 0 heterocycles. The first kappa shape index (κ1) is 15.9. The topological polar surface area (TPSA) is 0 Å². The van der Waals surface area contributed by atoms with Gasteiger partial charge in [-0.2, -0.15) is 35.9 Å². The van der Waals surface area contributed by atoms with Crippen LogP contribution in [0.3, 0.4) is 0 Å². The average Bonchev–Trinajstić information content (AvgIpc) is 2.29. The number of benzene rings is 1. The van der Waals surface area contributed by atoms with E-state index in [1.807, 2.05) is 12.1 Å². The van der Waals surface area contributed by atoms with Gasteiger partial charge in [-0.25, -0.2) is 0 Å². The Hall–Kier alpha value is -0.0917. The summed E-state index contributed by atoms with van der Waals surface area (Å²) in [7, 11) is 0. The van der Waals surface area contributed by atoms with Crippen molar-refractivity contribution < 1.29 is 21.1 Å². The van der Waals surface area contributed by atoms with Crippen molar-refractivity contribution in [1.82, 2.24) is 0 Å². The molecular formula is C15H23Mo-. The van der Waals surface area contributed by atoms with Crippen molar-refractivity contribution in [3.05, 3.63) is 35.9 Å². The maximum atomic E-state index is 3.28. The number of hydrogen-bond donors (Lipinski definition) is 0. The Morgan fingerprint density at radius 2 is 1.62 bits per heavy atom. The molecule has 0 unspecified atom stereocenters. The van der Waals surface area contributed by atoms with Crippen molar-refractivity contribution in [3.63, 3.8) is 0 Å². The van der Waals surface area contributed by atoms with Gasteiger partial charge in [-0.05, 0) is 0 Å². The molecule has 0 N–H and O–H groups in total. The summed E-state index contributed by atoms with van der Waals surface area (Å²) in [4.78, 5) is 0. The first-order valence-electron chi connectivity index (χ1n) is 6.39. The Bertz CT molecular complexity index is 230. The van der Waals surface area contributed by atoms with E-state index in [0.29, 0.717) is 0 Å². The van der Waals surface area contributed by atoms with Crippen LogP contribution in [0.25, 0.3) is 0 Å². The molecule has 0 aliphatic rings. The molecule has 0 amide bonds.